The number of hydrogen-bond donors (Lipinski definition) is 1. The quantitative estimate of drug-likeness (QED) is 0.745. The summed E-state index contributed by atoms with van der Waals surface area (Å²) in [6, 6.07) is 7.15. The van der Waals surface area contributed by atoms with E-state index in [0.717, 1.165) is 6.54 Å². The second-order valence-corrected chi connectivity index (χ2v) is 5.55. The van der Waals surface area contributed by atoms with Crippen molar-refractivity contribution in [3.63, 3.8) is 0 Å². The number of benzene rings is 1. The zero-order valence-corrected chi connectivity index (χ0v) is 12.6. The van der Waals surface area contributed by atoms with E-state index in [1.807, 2.05) is 0 Å². The first-order valence-electron chi connectivity index (χ1n) is 6.96. The molecule has 0 aromatic heterocycles. The highest BCUT2D eigenvalue weighted by Gasteiger charge is 2.07. The first-order valence-corrected chi connectivity index (χ1v) is 6.96. The molecule has 0 radical (unpaired) electrons. The molecule has 1 unspecified atom stereocenters. The minimum atomic E-state index is 0.448. The molecule has 1 rings (SSSR count). The van der Waals surface area contributed by atoms with Gasteiger partial charge in [-0.15, -0.1) is 0 Å². The first-order chi connectivity index (χ1) is 8.50. The summed E-state index contributed by atoms with van der Waals surface area (Å²) < 4.78 is 0. The highest BCUT2D eigenvalue weighted by molar-refractivity contribution is 5.32. The minimum Gasteiger partial charge on any atom is -0.310 e. The Kier molecular flexibility index (Phi) is 6.37. The van der Waals surface area contributed by atoms with Gasteiger partial charge < -0.3 is 10.2 Å². The topological polar surface area (TPSA) is 15.3 Å². The van der Waals surface area contributed by atoms with Crippen LogP contribution in [0, 0.1) is 13.8 Å². The van der Waals surface area contributed by atoms with Gasteiger partial charge in [0.05, 0.1) is 0 Å². The number of hydrogen-bond acceptors (Lipinski definition) is 2. The van der Waals surface area contributed by atoms with Crippen LogP contribution in [0.1, 0.15) is 42.5 Å². The Morgan fingerprint density at radius 2 is 1.89 bits per heavy atom. The molecule has 0 amide bonds. The van der Waals surface area contributed by atoms with Gasteiger partial charge in [-0.1, -0.05) is 23.8 Å². The van der Waals surface area contributed by atoms with Crippen LogP contribution >= 0.6 is 0 Å². The Hall–Kier alpha value is -0.860. The summed E-state index contributed by atoms with van der Waals surface area (Å²) in [5, 5.41) is 3.62. The zero-order valence-electron chi connectivity index (χ0n) is 12.6. The van der Waals surface area contributed by atoms with Crippen molar-refractivity contribution in [1.29, 1.82) is 0 Å². The maximum atomic E-state index is 3.62. The van der Waals surface area contributed by atoms with Gasteiger partial charge in [-0.3, -0.25) is 0 Å². The van der Waals surface area contributed by atoms with Crippen molar-refractivity contribution in [3.8, 4) is 0 Å². The van der Waals surface area contributed by atoms with Gasteiger partial charge in [0.25, 0.3) is 0 Å². The Morgan fingerprint density at radius 3 is 2.56 bits per heavy atom. The average Bonchev–Trinajstić information content (AvgIpc) is 2.31. The largest absolute Gasteiger partial charge is 0.310 e. The average molecular weight is 248 g/mol. The molecule has 102 valence electrons. The summed E-state index contributed by atoms with van der Waals surface area (Å²) in [5.41, 5.74) is 4.16. The number of nitrogens with one attached hydrogen (secondary N) is 1. The van der Waals surface area contributed by atoms with E-state index in [-0.39, 0.29) is 0 Å². The van der Waals surface area contributed by atoms with Crippen LogP contribution in [0.25, 0.3) is 0 Å². The third kappa shape index (κ3) is 5.19. The lowest BCUT2D eigenvalue weighted by Gasteiger charge is -2.17. The molecule has 1 N–H and O–H groups in total. The smallest absolute Gasteiger partial charge is 0.0294 e. The van der Waals surface area contributed by atoms with Gasteiger partial charge in [-0.25, -0.2) is 0 Å². The maximum Gasteiger partial charge on any atom is 0.0294 e. The lowest BCUT2D eigenvalue weighted by molar-refractivity contribution is 0.389. The molecule has 1 atom stereocenters. The molecular formula is C16H28N2. The molecule has 0 bridgehead atoms. The number of nitrogens with zero attached hydrogens (tertiary/aromatic N) is 1. The fourth-order valence-electron chi connectivity index (χ4n) is 2.21. The molecule has 0 aliphatic heterocycles. The van der Waals surface area contributed by atoms with Gasteiger partial charge in [0.2, 0.25) is 0 Å². The van der Waals surface area contributed by atoms with E-state index in [1.54, 1.807) is 0 Å². The van der Waals surface area contributed by atoms with E-state index < -0.39 is 0 Å². The molecule has 0 spiro atoms. The van der Waals surface area contributed by atoms with Crippen LogP contribution in [-0.2, 0) is 0 Å². The fraction of sp³-hybridized carbons (Fsp3) is 0.625. The predicted octanol–water partition coefficient (Wildman–Crippen LogP) is 3.30. The van der Waals surface area contributed by atoms with Crippen molar-refractivity contribution in [2.45, 2.75) is 39.7 Å². The van der Waals surface area contributed by atoms with Gasteiger partial charge in [-0.05, 0) is 71.9 Å². The molecule has 0 saturated heterocycles. The van der Waals surface area contributed by atoms with E-state index in [1.165, 1.54) is 36.1 Å². The molecule has 2 nitrogen and oxygen atoms in total. The first kappa shape index (κ1) is 15.2. The number of unbranched alkanes of at least 4 members (excludes halogenated alkanes) is 1. The Morgan fingerprint density at radius 1 is 1.17 bits per heavy atom. The Labute approximate surface area is 112 Å². The summed E-state index contributed by atoms with van der Waals surface area (Å²) in [4.78, 5) is 2.24. The van der Waals surface area contributed by atoms with Crippen LogP contribution in [0.2, 0.25) is 0 Å². The third-order valence-electron chi connectivity index (χ3n) is 3.38. The lowest BCUT2D eigenvalue weighted by atomic mass is 10.00. The van der Waals surface area contributed by atoms with E-state index in [4.69, 9.17) is 0 Å². The third-order valence-corrected chi connectivity index (χ3v) is 3.38. The van der Waals surface area contributed by atoms with Crippen LogP contribution in [0.3, 0.4) is 0 Å². The van der Waals surface area contributed by atoms with Gasteiger partial charge in [0.1, 0.15) is 0 Å². The standard InChI is InChI=1S/C16H28N2/c1-13-8-9-14(2)16(12-13)15(3)17-10-6-7-11-18(4)5/h8-9,12,15,17H,6-7,10-11H2,1-5H3. The van der Waals surface area contributed by atoms with Gasteiger partial charge in [0.15, 0.2) is 0 Å². The molecular weight excluding hydrogens is 220 g/mol. The summed E-state index contributed by atoms with van der Waals surface area (Å²) in [7, 11) is 4.26. The second kappa shape index (κ2) is 7.55. The summed E-state index contributed by atoms with van der Waals surface area (Å²) in [5.74, 6) is 0. The van der Waals surface area contributed by atoms with Crippen LogP contribution in [0.5, 0.6) is 0 Å². The lowest BCUT2D eigenvalue weighted by Crippen LogP contribution is -2.22. The number of aryl methyl sites for hydroxylation is 2. The van der Waals surface area contributed by atoms with E-state index in [2.05, 4.69) is 63.3 Å². The molecule has 1 aromatic rings. The monoisotopic (exact) mass is 248 g/mol. The summed E-state index contributed by atoms with van der Waals surface area (Å²) >= 11 is 0. The van der Waals surface area contributed by atoms with Crippen LogP contribution in [0.15, 0.2) is 18.2 Å². The van der Waals surface area contributed by atoms with Crippen molar-refractivity contribution >= 4 is 0 Å². The van der Waals surface area contributed by atoms with Crippen molar-refractivity contribution in [1.82, 2.24) is 10.2 Å². The maximum absolute atomic E-state index is 3.62. The molecule has 0 fully saturated rings. The molecule has 18 heavy (non-hydrogen) atoms. The van der Waals surface area contributed by atoms with E-state index in [0.29, 0.717) is 6.04 Å². The van der Waals surface area contributed by atoms with Crippen molar-refractivity contribution in [3.05, 3.63) is 34.9 Å². The van der Waals surface area contributed by atoms with Crippen molar-refractivity contribution in [2.75, 3.05) is 27.2 Å². The molecule has 0 aliphatic carbocycles. The molecule has 0 heterocycles. The molecule has 0 aliphatic rings. The Bertz CT molecular complexity index is 358. The van der Waals surface area contributed by atoms with E-state index >= 15 is 0 Å². The van der Waals surface area contributed by atoms with E-state index in [9.17, 15) is 0 Å². The second-order valence-electron chi connectivity index (χ2n) is 5.55. The summed E-state index contributed by atoms with van der Waals surface area (Å²) in [6.07, 6.45) is 2.51. The summed E-state index contributed by atoms with van der Waals surface area (Å²) in [6.45, 7) is 8.89. The van der Waals surface area contributed by atoms with Gasteiger partial charge >= 0.3 is 0 Å². The minimum absolute atomic E-state index is 0.448. The SMILES string of the molecule is Cc1ccc(C)c(C(C)NCCCCN(C)C)c1. The fourth-order valence-corrected chi connectivity index (χ4v) is 2.21. The van der Waals surface area contributed by atoms with Gasteiger partial charge in [-0.2, -0.15) is 0 Å². The predicted molar refractivity (Wildman–Crippen MR) is 80.1 cm³/mol. The van der Waals surface area contributed by atoms with Crippen LogP contribution < -0.4 is 5.32 Å². The Balaban J connectivity index is 2.36. The zero-order chi connectivity index (χ0) is 13.5. The molecule has 1 aromatic carbocycles. The van der Waals surface area contributed by atoms with Crippen LogP contribution in [0.4, 0.5) is 0 Å². The normalized spacial score (nSPS) is 13.0. The highest BCUT2D eigenvalue weighted by atomic mass is 15.0. The van der Waals surface area contributed by atoms with Crippen molar-refractivity contribution in [2.24, 2.45) is 0 Å². The number of rotatable bonds is 7. The van der Waals surface area contributed by atoms with Gasteiger partial charge in [0, 0.05) is 6.04 Å². The molecule has 2 heteroatoms. The highest BCUT2D eigenvalue weighted by Crippen LogP contribution is 2.18. The molecule has 0 saturated carbocycles. The van der Waals surface area contributed by atoms with Crippen molar-refractivity contribution < 1.29 is 0 Å². The van der Waals surface area contributed by atoms with Crippen LogP contribution in [-0.4, -0.2) is 32.1 Å².